The fourth-order valence-corrected chi connectivity index (χ4v) is 3.63. The van der Waals surface area contributed by atoms with E-state index >= 15 is 0 Å². The Kier molecular flexibility index (Phi) is 3.76. The van der Waals surface area contributed by atoms with E-state index in [2.05, 4.69) is 5.32 Å². The molecule has 0 bridgehead atoms. The third kappa shape index (κ3) is 2.58. The number of halogens is 1. The molecule has 4 nitrogen and oxygen atoms in total. The average molecular weight is 291 g/mol. The summed E-state index contributed by atoms with van der Waals surface area (Å²) in [6.07, 6.45) is 2.34. The molecule has 0 aromatic heterocycles. The van der Waals surface area contributed by atoms with Crippen LogP contribution >= 0.6 is 0 Å². The SMILES string of the molecule is O=C1CC2(CCCOCC2)C(c2ccccc2F)C(=O)N1. The molecule has 2 aliphatic rings. The van der Waals surface area contributed by atoms with Crippen LogP contribution in [0.3, 0.4) is 0 Å². The molecule has 0 radical (unpaired) electrons. The van der Waals surface area contributed by atoms with Crippen LogP contribution in [0.1, 0.15) is 37.2 Å². The van der Waals surface area contributed by atoms with Gasteiger partial charge in [-0.1, -0.05) is 18.2 Å². The van der Waals surface area contributed by atoms with Crippen LogP contribution in [0.15, 0.2) is 24.3 Å². The second-order valence-electron chi connectivity index (χ2n) is 5.87. The first-order chi connectivity index (χ1) is 10.1. The van der Waals surface area contributed by atoms with Gasteiger partial charge in [0.25, 0.3) is 0 Å². The van der Waals surface area contributed by atoms with E-state index in [1.165, 1.54) is 6.07 Å². The van der Waals surface area contributed by atoms with E-state index in [1.807, 2.05) is 0 Å². The van der Waals surface area contributed by atoms with Crippen LogP contribution < -0.4 is 5.32 Å². The van der Waals surface area contributed by atoms with E-state index < -0.39 is 23.1 Å². The van der Waals surface area contributed by atoms with E-state index in [0.717, 1.165) is 6.42 Å². The maximum Gasteiger partial charge on any atom is 0.234 e. The summed E-state index contributed by atoms with van der Waals surface area (Å²) in [5.74, 6) is -1.68. The lowest BCUT2D eigenvalue weighted by atomic mass is 9.63. The highest BCUT2D eigenvalue weighted by Crippen LogP contribution is 2.49. The van der Waals surface area contributed by atoms with Gasteiger partial charge in [-0.05, 0) is 30.7 Å². The van der Waals surface area contributed by atoms with Crippen molar-refractivity contribution in [2.24, 2.45) is 5.41 Å². The molecule has 2 aliphatic heterocycles. The molecule has 1 aromatic carbocycles. The molecular formula is C16H18FNO3. The van der Waals surface area contributed by atoms with Crippen molar-refractivity contribution in [1.82, 2.24) is 5.32 Å². The van der Waals surface area contributed by atoms with Crippen molar-refractivity contribution in [3.05, 3.63) is 35.6 Å². The van der Waals surface area contributed by atoms with Crippen LogP contribution in [0.25, 0.3) is 0 Å². The van der Waals surface area contributed by atoms with Gasteiger partial charge in [0.15, 0.2) is 0 Å². The van der Waals surface area contributed by atoms with Crippen molar-refractivity contribution in [3.8, 4) is 0 Å². The van der Waals surface area contributed by atoms with Crippen LogP contribution in [0.5, 0.6) is 0 Å². The van der Waals surface area contributed by atoms with E-state index in [0.29, 0.717) is 31.6 Å². The molecule has 2 heterocycles. The summed E-state index contributed by atoms with van der Waals surface area (Å²) in [6.45, 7) is 1.13. The number of carbonyl (C=O) groups excluding carboxylic acids is 2. The monoisotopic (exact) mass is 291 g/mol. The predicted octanol–water partition coefficient (Wildman–Crippen LogP) is 2.14. The molecule has 21 heavy (non-hydrogen) atoms. The highest BCUT2D eigenvalue weighted by molar-refractivity contribution is 6.02. The molecule has 112 valence electrons. The standard InChI is InChI=1S/C16H18FNO3/c17-12-5-2-1-4-11(12)14-15(20)18-13(19)10-16(14)6-3-8-21-9-7-16/h1-2,4-5,14H,3,6-10H2,(H,18,19,20). The second-order valence-corrected chi connectivity index (χ2v) is 5.87. The van der Waals surface area contributed by atoms with Gasteiger partial charge in [-0.3, -0.25) is 14.9 Å². The quantitative estimate of drug-likeness (QED) is 0.807. The molecule has 3 rings (SSSR count). The molecule has 2 amide bonds. The Morgan fingerprint density at radius 1 is 1.19 bits per heavy atom. The Bertz CT molecular complexity index is 564. The van der Waals surface area contributed by atoms with Crippen LogP contribution in [-0.4, -0.2) is 25.0 Å². The summed E-state index contributed by atoms with van der Waals surface area (Å²) in [6, 6.07) is 6.33. The molecule has 0 aliphatic carbocycles. The highest BCUT2D eigenvalue weighted by atomic mass is 19.1. The summed E-state index contributed by atoms with van der Waals surface area (Å²) in [7, 11) is 0. The van der Waals surface area contributed by atoms with Crippen molar-refractivity contribution in [2.45, 2.75) is 31.6 Å². The molecule has 2 atom stereocenters. The Balaban J connectivity index is 2.06. The van der Waals surface area contributed by atoms with E-state index in [1.54, 1.807) is 18.2 Å². The van der Waals surface area contributed by atoms with Crippen molar-refractivity contribution in [2.75, 3.05) is 13.2 Å². The van der Waals surface area contributed by atoms with Crippen molar-refractivity contribution in [1.29, 1.82) is 0 Å². The number of amides is 2. The third-order valence-corrected chi connectivity index (χ3v) is 4.57. The first-order valence-electron chi connectivity index (χ1n) is 7.28. The minimum Gasteiger partial charge on any atom is -0.381 e. The molecule has 5 heteroatoms. The van der Waals surface area contributed by atoms with Gasteiger partial charge in [0, 0.05) is 25.2 Å². The normalized spacial score (nSPS) is 30.0. The maximum atomic E-state index is 14.2. The summed E-state index contributed by atoms with van der Waals surface area (Å²) >= 11 is 0. The van der Waals surface area contributed by atoms with Gasteiger partial charge in [0.05, 0.1) is 5.92 Å². The first-order valence-corrected chi connectivity index (χ1v) is 7.28. The van der Waals surface area contributed by atoms with Gasteiger partial charge in [0.1, 0.15) is 5.82 Å². The van der Waals surface area contributed by atoms with E-state index in [9.17, 15) is 14.0 Å². The number of carbonyl (C=O) groups is 2. The Morgan fingerprint density at radius 3 is 2.81 bits per heavy atom. The van der Waals surface area contributed by atoms with Gasteiger partial charge < -0.3 is 4.74 Å². The van der Waals surface area contributed by atoms with Gasteiger partial charge >= 0.3 is 0 Å². The molecule has 1 spiro atoms. The number of piperidine rings is 1. The third-order valence-electron chi connectivity index (χ3n) is 4.57. The van der Waals surface area contributed by atoms with Crippen molar-refractivity contribution >= 4 is 11.8 Å². The maximum absolute atomic E-state index is 14.2. The number of hydrogen-bond acceptors (Lipinski definition) is 3. The van der Waals surface area contributed by atoms with Crippen LogP contribution in [0, 0.1) is 11.2 Å². The van der Waals surface area contributed by atoms with E-state index in [-0.39, 0.29) is 12.3 Å². The highest BCUT2D eigenvalue weighted by Gasteiger charge is 2.49. The first kappa shape index (κ1) is 14.2. The fourth-order valence-electron chi connectivity index (χ4n) is 3.63. The largest absolute Gasteiger partial charge is 0.381 e. The van der Waals surface area contributed by atoms with Gasteiger partial charge in [0.2, 0.25) is 11.8 Å². The summed E-state index contributed by atoms with van der Waals surface area (Å²) < 4.78 is 19.7. The topological polar surface area (TPSA) is 55.4 Å². The van der Waals surface area contributed by atoms with Crippen molar-refractivity contribution in [3.63, 3.8) is 0 Å². The van der Waals surface area contributed by atoms with Crippen LogP contribution in [0.2, 0.25) is 0 Å². The number of ether oxygens (including phenoxy) is 1. The number of hydrogen-bond donors (Lipinski definition) is 1. The Morgan fingerprint density at radius 2 is 2.00 bits per heavy atom. The zero-order valence-electron chi connectivity index (χ0n) is 11.7. The molecule has 2 unspecified atom stereocenters. The van der Waals surface area contributed by atoms with Gasteiger partial charge in [-0.15, -0.1) is 0 Å². The molecule has 0 saturated carbocycles. The van der Waals surface area contributed by atoms with Crippen LogP contribution in [0.4, 0.5) is 4.39 Å². The Labute approximate surface area is 122 Å². The lowest BCUT2D eigenvalue weighted by molar-refractivity contribution is -0.140. The second kappa shape index (κ2) is 5.56. The lowest BCUT2D eigenvalue weighted by Gasteiger charge is -2.42. The molecular weight excluding hydrogens is 273 g/mol. The molecule has 2 fully saturated rings. The zero-order valence-corrected chi connectivity index (χ0v) is 11.7. The smallest absolute Gasteiger partial charge is 0.234 e. The summed E-state index contributed by atoms with van der Waals surface area (Å²) in [4.78, 5) is 24.3. The Hall–Kier alpha value is -1.75. The van der Waals surface area contributed by atoms with Gasteiger partial charge in [-0.25, -0.2) is 4.39 Å². The van der Waals surface area contributed by atoms with Crippen molar-refractivity contribution < 1.29 is 18.7 Å². The minimum absolute atomic E-state index is 0.251. The predicted molar refractivity (Wildman–Crippen MR) is 74.0 cm³/mol. The summed E-state index contributed by atoms with van der Waals surface area (Å²) in [5.41, 5.74) is -0.151. The number of benzene rings is 1. The molecule has 1 aromatic rings. The number of nitrogens with one attached hydrogen (secondary N) is 1. The lowest BCUT2D eigenvalue weighted by Crippen LogP contribution is -2.51. The van der Waals surface area contributed by atoms with Crippen LogP contribution in [-0.2, 0) is 14.3 Å². The number of rotatable bonds is 1. The zero-order chi connectivity index (χ0) is 14.9. The fraction of sp³-hybridized carbons (Fsp3) is 0.500. The minimum atomic E-state index is -0.627. The van der Waals surface area contributed by atoms with E-state index in [4.69, 9.17) is 4.74 Å². The summed E-state index contributed by atoms with van der Waals surface area (Å²) in [5, 5.41) is 2.36. The molecule has 1 N–H and O–H groups in total. The number of imide groups is 1. The molecule has 2 saturated heterocycles. The average Bonchev–Trinajstić information content (AvgIpc) is 2.66. The van der Waals surface area contributed by atoms with Gasteiger partial charge in [-0.2, -0.15) is 0 Å².